The van der Waals surface area contributed by atoms with Gasteiger partial charge in [0.1, 0.15) is 18.1 Å². The monoisotopic (exact) mass is 266 g/mol. The third kappa shape index (κ3) is 4.13. The van der Waals surface area contributed by atoms with Gasteiger partial charge in [0.05, 0.1) is 6.10 Å². The van der Waals surface area contributed by atoms with E-state index in [0.29, 0.717) is 5.75 Å². The van der Waals surface area contributed by atoms with Gasteiger partial charge in [-0.3, -0.25) is 0 Å². The molecule has 104 valence electrons. The summed E-state index contributed by atoms with van der Waals surface area (Å²) < 4.78 is 15.9. The van der Waals surface area contributed by atoms with Crippen LogP contribution >= 0.6 is 0 Å². The number of benzene rings is 1. The van der Waals surface area contributed by atoms with Gasteiger partial charge in [-0.15, -0.1) is 0 Å². The molecule has 2 atom stereocenters. The first kappa shape index (κ1) is 13.7. The molecule has 1 aromatic rings. The molecular weight excluding hydrogens is 248 g/mol. The van der Waals surface area contributed by atoms with Crippen LogP contribution in [0.3, 0.4) is 0 Å². The van der Waals surface area contributed by atoms with Crippen molar-refractivity contribution in [1.82, 2.24) is 0 Å². The SMILES string of the molecule is CC(Oc1ccc(O)cc1)C(=O)OCC1CCCO1. The molecule has 0 amide bonds. The fourth-order valence-electron chi connectivity index (χ4n) is 1.85. The minimum atomic E-state index is -0.689. The van der Waals surface area contributed by atoms with Crippen LogP contribution in [0.15, 0.2) is 24.3 Å². The maximum atomic E-state index is 11.7. The molecule has 0 radical (unpaired) electrons. The van der Waals surface area contributed by atoms with Crippen LogP contribution in [0.5, 0.6) is 11.5 Å². The largest absolute Gasteiger partial charge is 0.508 e. The molecule has 1 heterocycles. The Morgan fingerprint density at radius 1 is 1.47 bits per heavy atom. The molecular formula is C14H18O5. The molecule has 1 N–H and O–H groups in total. The van der Waals surface area contributed by atoms with Crippen molar-refractivity contribution >= 4 is 5.97 Å². The van der Waals surface area contributed by atoms with E-state index < -0.39 is 12.1 Å². The molecule has 0 saturated carbocycles. The zero-order chi connectivity index (χ0) is 13.7. The number of phenolic OH excluding ortho intramolecular Hbond substituents is 1. The first-order valence-corrected chi connectivity index (χ1v) is 6.39. The van der Waals surface area contributed by atoms with Crippen molar-refractivity contribution < 1.29 is 24.1 Å². The average molecular weight is 266 g/mol. The summed E-state index contributed by atoms with van der Waals surface area (Å²) >= 11 is 0. The van der Waals surface area contributed by atoms with Crippen molar-refractivity contribution in [3.63, 3.8) is 0 Å². The zero-order valence-corrected chi connectivity index (χ0v) is 10.9. The summed E-state index contributed by atoms with van der Waals surface area (Å²) in [6, 6.07) is 6.19. The van der Waals surface area contributed by atoms with Crippen molar-refractivity contribution in [2.24, 2.45) is 0 Å². The molecule has 1 aromatic carbocycles. The Balaban J connectivity index is 1.76. The number of carbonyl (C=O) groups is 1. The van der Waals surface area contributed by atoms with E-state index >= 15 is 0 Å². The molecule has 1 aliphatic heterocycles. The van der Waals surface area contributed by atoms with E-state index in [-0.39, 0.29) is 18.5 Å². The fourth-order valence-corrected chi connectivity index (χ4v) is 1.85. The summed E-state index contributed by atoms with van der Waals surface area (Å²) in [5.74, 6) is 0.254. The lowest BCUT2D eigenvalue weighted by atomic mass is 10.2. The lowest BCUT2D eigenvalue weighted by Gasteiger charge is -2.15. The van der Waals surface area contributed by atoms with Crippen LogP contribution in [0.1, 0.15) is 19.8 Å². The lowest BCUT2D eigenvalue weighted by Crippen LogP contribution is -2.29. The molecule has 2 rings (SSSR count). The predicted octanol–water partition coefficient (Wildman–Crippen LogP) is 1.88. The summed E-state index contributed by atoms with van der Waals surface area (Å²) in [6.45, 7) is 2.65. The van der Waals surface area contributed by atoms with Crippen LogP contribution in [0.4, 0.5) is 0 Å². The number of hydrogen-bond donors (Lipinski definition) is 1. The summed E-state index contributed by atoms with van der Waals surface area (Å²) in [5.41, 5.74) is 0. The first-order chi connectivity index (χ1) is 9.15. The van der Waals surface area contributed by atoms with E-state index in [4.69, 9.17) is 19.3 Å². The highest BCUT2D eigenvalue weighted by Crippen LogP contribution is 2.18. The smallest absolute Gasteiger partial charge is 0.347 e. The molecule has 1 aliphatic rings. The second-order valence-electron chi connectivity index (χ2n) is 4.52. The highest BCUT2D eigenvalue weighted by molar-refractivity contribution is 5.74. The quantitative estimate of drug-likeness (QED) is 0.824. The first-order valence-electron chi connectivity index (χ1n) is 6.39. The van der Waals surface area contributed by atoms with Crippen LogP contribution in [-0.4, -0.2) is 36.5 Å². The maximum absolute atomic E-state index is 11.7. The van der Waals surface area contributed by atoms with Crippen molar-refractivity contribution in [2.45, 2.75) is 32.0 Å². The molecule has 2 unspecified atom stereocenters. The molecule has 0 aromatic heterocycles. The van der Waals surface area contributed by atoms with Gasteiger partial charge in [-0.05, 0) is 44.0 Å². The third-order valence-electron chi connectivity index (χ3n) is 2.92. The number of esters is 1. The Bertz CT molecular complexity index is 408. The molecule has 1 fully saturated rings. The normalized spacial score (nSPS) is 19.9. The van der Waals surface area contributed by atoms with Crippen LogP contribution in [0.2, 0.25) is 0 Å². The molecule has 0 aliphatic carbocycles. The third-order valence-corrected chi connectivity index (χ3v) is 2.92. The Morgan fingerprint density at radius 3 is 2.84 bits per heavy atom. The molecule has 1 saturated heterocycles. The minimum absolute atomic E-state index is 0.0184. The summed E-state index contributed by atoms with van der Waals surface area (Å²) in [7, 11) is 0. The second kappa shape index (κ2) is 6.43. The Kier molecular flexibility index (Phi) is 4.63. The average Bonchev–Trinajstić information content (AvgIpc) is 2.91. The lowest BCUT2D eigenvalue weighted by molar-refractivity contribution is -0.154. The van der Waals surface area contributed by atoms with Gasteiger partial charge in [-0.25, -0.2) is 4.79 Å². The highest BCUT2D eigenvalue weighted by atomic mass is 16.6. The van der Waals surface area contributed by atoms with Gasteiger partial charge in [0.15, 0.2) is 6.10 Å². The van der Waals surface area contributed by atoms with Crippen molar-refractivity contribution in [3.8, 4) is 11.5 Å². The van der Waals surface area contributed by atoms with Crippen LogP contribution in [0, 0.1) is 0 Å². The molecule has 19 heavy (non-hydrogen) atoms. The molecule has 0 spiro atoms. The van der Waals surface area contributed by atoms with E-state index in [0.717, 1.165) is 19.4 Å². The molecule has 5 nitrogen and oxygen atoms in total. The topological polar surface area (TPSA) is 65.0 Å². The summed E-state index contributed by atoms with van der Waals surface area (Å²) in [4.78, 5) is 11.7. The van der Waals surface area contributed by atoms with Gasteiger partial charge >= 0.3 is 5.97 Å². The maximum Gasteiger partial charge on any atom is 0.347 e. The van der Waals surface area contributed by atoms with E-state index in [1.165, 1.54) is 12.1 Å². The molecule has 5 heteroatoms. The fraction of sp³-hybridized carbons (Fsp3) is 0.500. The van der Waals surface area contributed by atoms with E-state index in [9.17, 15) is 4.79 Å². The number of aromatic hydroxyl groups is 1. The number of hydrogen-bond acceptors (Lipinski definition) is 5. The van der Waals surface area contributed by atoms with Gasteiger partial charge in [0.25, 0.3) is 0 Å². The number of ether oxygens (including phenoxy) is 3. The minimum Gasteiger partial charge on any atom is -0.508 e. The standard InChI is InChI=1S/C14H18O5/c1-10(19-12-6-4-11(15)5-7-12)14(16)18-9-13-3-2-8-17-13/h4-7,10,13,15H,2-3,8-9H2,1H3. The van der Waals surface area contributed by atoms with Crippen LogP contribution in [0.25, 0.3) is 0 Å². The van der Waals surface area contributed by atoms with E-state index in [1.807, 2.05) is 0 Å². The van der Waals surface area contributed by atoms with Gasteiger partial charge in [-0.2, -0.15) is 0 Å². The molecule has 0 bridgehead atoms. The second-order valence-corrected chi connectivity index (χ2v) is 4.52. The summed E-state index contributed by atoms with van der Waals surface area (Å²) in [6.07, 6.45) is 1.28. The number of carbonyl (C=O) groups excluding carboxylic acids is 1. The Labute approximate surface area is 112 Å². The number of phenols is 1. The zero-order valence-electron chi connectivity index (χ0n) is 10.9. The van der Waals surface area contributed by atoms with Crippen molar-refractivity contribution in [3.05, 3.63) is 24.3 Å². The van der Waals surface area contributed by atoms with Crippen molar-refractivity contribution in [2.75, 3.05) is 13.2 Å². The highest BCUT2D eigenvalue weighted by Gasteiger charge is 2.21. The summed E-state index contributed by atoms with van der Waals surface area (Å²) in [5, 5.41) is 9.14. The Hall–Kier alpha value is -1.75. The van der Waals surface area contributed by atoms with Gasteiger partial charge in [0.2, 0.25) is 0 Å². The van der Waals surface area contributed by atoms with E-state index in [1.54, 1.807) is 19.1 Å². The van der Waals surface area contributed by atoms with Gasteiger partial charge < -0.3 is 19.3 Å². The van der Waals surface area contributed by atoms with Gasteiger partial charge in [-0.1, -0.05) is 0 Å². The number of rotatable bonds is 5. The van der Waals surface area contributed by atoms with E-state index in [2.05, 4.69) is 0 Å². The van der Waals surface area contributed by atoms with Crippen LogP contribution < -0.4 is 4.74 Å². The predicted molar refractivity (Wildman–Crippen MR) is 68.1 cm³/mol. The Morgan fingerprint density at radius 2 is 2.21 bits per heavy atom. The van der Waals surface area contributed by atoms with Gasteiger partial charge in [0, 0.05) is 6.61 Å². The van der Waals surface area contributed by atoms with Crippen molar-refractivity contribution in [1.29, 1.82) is 0 Å². The van der Waals surface area contributed by atoms with Crippen LogP contribution in [-0.2, 0) is 14.3 Å².